The van der Waals surface area contributed by atoms with Gasteiger partial charge in [-0.25, -0.2) is 0 Å². The van der Waals surface area contributed by atoms with E-state index in [0.29, 0.717) is 41.8 Å². The molecule has 21 heavy (non-hydrogen) atoms. The van der Waals surface area contributed by atoms with Crippen molar-refractivity contribution in [1.29, 1.82) is 0 Å². The highest BCUT2D eigenvalue weighted by Gasteiger charge is 2.13. The lowest BCUT2D eigenvalue weighted by atomic mass is 10.0. The smallest absolute Gasteiger partial charge is 0.153 e. The van der Waals surface area contributed by atoms with Crippen LogP contribution >= 0.6 is 0 Å². The Hall–Kier alpha value is -2.31. The molecular weight excluding hydrogens is 272 g/mol. The number of carbonyl (C=O) groups is 1. The fraction of sp³-hybridized carbons (Fsp3) is 0.267. The fourth-order valence-electron chi connectivity index (χ4n) is 2.20. The van der Waals surface area contributed by atoms with Crippen LogP contribution in [0.5, 0.6) is 0 Å². The molecule has 1 aromatic carbocycles. The second kappa shape index (κ2) is 6.92. The average molecular weight is 290 g/mol. The maximum atomic E-state index is 11.0. The molecule has 0 spiro atoms. The van der Waals surface area contributed by atoms with Gasteiger partial charge in [-0.15, -0.1) is 0 Å². The second-order valence-electron chi connectivity index (χ2n) is 4.56. The lowest BCUT2D eigenvalue weighted by Gasteiger charge is -2.24. The molecule has 1 aromatic heterocycles. The summed E-state index contributed by atoms with van der Waals surface area (Å²) in [6.07, 6.45) is 3.56. The van der Waals surface area contributed by atoms with Gasteiger partial charge in [-0.2, -0.15) is 0 Å². The summed E-state index contributed by atoms with van der Waals surface area (Å²) in [4.78, 5) is 12.9. The number of nitrogen functional groups attached to an aromatic ring is 1. The number of aliphatic hydroxyl groups is 2. The van der Waals surface area contributed by atoms with E-state index in [0.717, 1.165) is 5.69 Å². The van der Waals surface area contributed by atoms with Gasteiger partial charge in [0.1, 0.15) is 6.26 Å². The SMILES string of the molecule is Nc1ccc(N(CCO)CCO)cc1-c1cocc1C=O. The van der Waals surface area contributed by atoms with Crippen LogP contribution in [0.15, 0.2) is 35.1 Å². The molecule has 0 aliphatic rings. The average Bonchev–Trinajstić information content (AvgIpc) is 2.96. The molecule has 2 aromatic rings. The van der Waals surface area contributed by atoms with Crippen LogP contribution in [0.1, 0.15) is 10.4 Å². The third kappa shape index (κ3) is 3.24. The molecule has 0 radical (unpaired) electrons. The molecule has 0 amide bonds. The van der Waals surface area contributed by atoms with Gasteiger partial charge in [0.05, 0.1) is 25.0 Å². The summed E-state index contributed by atoms with van der Waals surface area (Å²) in [7, 11) is 0. The summed E-state index contributed by atoms with van der Waals surface area (Å²) < 4.78 is 5.06. The number of aldehydes is 1. The summed E-state index contributed by atoms with van der Waals surface area (Å²) in [5.41, 5.74) is 9.04. The van der Waals surface area contributed by atoms with Crippen LogP contribution in [-0.2, 0) is 0 Å². The van der Waals surface area contributed by atoms with E-state index in [2.05, 4.69) is 0 Å². The molecular formula is C15H18N2O4. The summed E-state index contributed by atoms with van der Waals surface area (Å²) in [5.74, 6) is 0. The van der Waals surface area contributed by atoms with Crippen molar-refractivity contribution >= 4 is 17.7 Å². The molecule has 1 heterocycles. The quantitative estimate of drug-likeness (QED) is 0.522. The van der Waals surface area contributed by atoms with Crippen molar-refractivity contribution in [3.8, 4) is 11.1 Å². The molecule has 6 heteroatoms. The Morgan fingerprint density at radius 1 is 1.14 bits per heavy atom. The van der Waals surface area contributed by atoms with Crippen LogP contribution < -0.4 is 10.6 Å². The minimum Gasteiger partial charge on any atom is -0.471 e. The number of rotatable bonds is 7. The molecule has 0 aliphatic heterocycles. The third-order valence-corrected chi connectivity index (χ3v) is 3.25. The molecule has 0 bridgehead atoms. The molecule has 0 saturated carbocycles. The van der Waals surface area contributed by atoms with Crippen LogP contribution in [0, 0.1) is 0 Å². The van der Waals surface area contributed by atoms with E-state index in [1.165, 1.54) is 12.5 Å². The van der Waals surface area contributed by atoms with Gasteiger partial charge in [0.2, 0.25) is 0 Å². The Kier molecular flexibility index (Phi) is 4.97. The van der Waals surface area contributed by atoms with E-state index in [1.807, 2.05) is 17.0 Å². The van der Waals surface area contributed by atoms with Crippen LogP contribution in [0.4, 0.5) is 11.4 Å². The zero-order valence-corrected chi connectivity index (χ0v) is 11.5. The molecule has 0 fully saturated rings. The molecule has 0 aliphatic carbocycles. The van der Waals surface area contributed by atoms with Crippen molar-refractivity contribution in [2.45, 2.75) is 0 Å². The minimum atomic E-state index is -0.0228. The number of anilines is 2. The van der Waals surface area contributed by atoms with Crippen molar-refractivity contribution in [1.82, 2.24) is 0 Å². The van der Waals surface area contributed by atoms with Crippen LogP contribution in [0.25, 0.3) is 11.1 Å². The Morgan fingerprint density at radius 2 is 1.86 bits per heavy atom. The number of furan rings is 1. The van der Waals surface area contributed by atoms with Crippen LogP contribution in [-0.4, -0.2) is 42.8 Å². The largest absolute Gasteiger partial charge is 0.471 e. The molecule has 4 N–H and O–H groups in total. The van der Waals surface area contributed by atoms with Crippen molar-refractivity contribution in [3.63, 3.8) is 0 Å². The van der Waals surface area contributed by atoms with Gasteiger partial charge in [-0.1, -0.05) is 0 Å². The number of nitrogens with two attached hydrogens (primary N) is 1. The molecule has 2 rings (SSSR count). The first-order valence-corrected chi connectivity index (χ1v) is 6.59. The van der Waals surface area contributed by atoms with Gasteiger partial charge >= 0.3 is 0 Å². The third-order valence-electron chi connectivity index (χ3n) is 3.25. The first-order valence-electron chi connectivity index (χ1n) is 6.59. The highest BCUT2D eigenvalue weighted by Crippen LogP contribution is 2.32. The molecule has 0 unspecified atom stereocenters. The molecule has 6 nitrogen and oxygen atoms in total. The first-order chi connectivity index (χ1) is 10.2. The highest BCUT2D eigenvalue weighted by molar-refractivity contribution is 5.91. The van der Waals surface area contributed by atoms with E-state index in [9.17, 15) is 4.79 Å². The Morgan fingerprint density at radius 3 is 2.48 bits per heavy atom. The van der Waals surface area contributed by atoms with Gasteiger partial charge in [-0.3, -0.25) is 4.79 Å². The summed E-state index contributed by atoms with van der Waals surface area (Å²) in [6, 6.07) is 5.36. The zero-order chi connectivity index (χ0) is 15.2. The fourth-order valence-corrected chi connectivity index (χ4v) is 2.20. The number of carbonyl (C=O) groups excluding carboxylic acids is 1. The summed E-state index contributed by atoms with van der Waals surface area (Å²) in [6.45, 7) is 0.752. The van der Waals surface area contributed by atoms with E-state index in [4.69, 9.17) is 20.4 Å². The molecule has 112 valence electrons. The van der Waals surface area contributed by atoms with E-state index in [-0.39, 0.29) is 13.2 Å². The van der Waals surface area contributed by atoms with E-state index in [1.54, 1.807) is 6.07 Å². The number of benzene rings is 1. The lowest BCUT2D eigenvalue weighted by Crippen LogP contribution is -2.29. The van der Waals surface area contributed by atoms with E-state index < -0.39 is 0 Å². The number of nitrogens with zero attached hydrogens (tertiary/aromatic N) is 1. The second-order valence-corrected chi connectivity index (χ2v) is 4.56. The van der Waals surface area contributed by atoms with Crippen molar-refractivity contribution in [3.05, 3.63) is 36.3 Å². The summed E-state index contributed by atoms with van der Waals surface area (Å²) >= 11 is 0. The Bertz CT molecular complexity index is 603. The highest BCUT2D eigenvalue weighted by atomic mass is 16.3. The number of hydrogen-bond donors (Lipinski definition) is 3. The monoisotopic (exact) mass is 290 g/mol. The van der Waals surface area contributed by atoms with Gasteiger partial charge in [0.15, 0.2) is 6.29 Å². The lowest BCUT2D eigenvalue weighted by molar-refractivity contribution is 0.112. The molecule has 0 atom stereocenters. The van der Waals surface area contributed by atoms with E-state index >= 15 is 0 Å². The van der Waals surface area contributed by atoms with Crippen molar-refractivity contribution in [2.75, 3.05) is 36.9 Å². The Labute approximate surface area is 122 Å². The van der Waals surface area contributed by atoms with Crippen molar-refractivity contribution in [2.24, 2.45) is 0 Å². The topological polar surface area (TPSA) is 99.9 Å². The number of hydrogen-bond acceptors (Lipinski definition) is 6. The molecule has 0 saturated heterocycles. The maximum absolute atomic E-state index is 11.0. The Balaban J connectivity index is 2.43. The maximum Gasteiger partial charge on any atom is 0.153 e. The summed E-state index contributed by atoms with van der Waals surface area (Å²) in [5, 5.41) is 18.2. The zero-order valence-electron chi connectivity index (χ0n) is 11.5. The number of aliphatic hydroxyl groups excluding tert-OH is 2. The standard InChI is InChI=1S/C15H18N2O4/c16-15-2-1-12(17(3-5-18)4-6-19)7-13(15)14-10-21-9-11(14)8-20/h1-2,7-10,18-19H,3-6,16H2. The van der Waals surface area contributed by atoms with Gasteiger partial charge < -0.3 is 25.3 Å². The van der Waals surface area contributed by atoms with Gasteiger partial charge in [0.25, 0.3) is 0 Å². The minimum absolute atomic E-state index is 0.0228. The van der Waals surface area contributed by atoms with Gasteiger partial charge in [-0.05, 0) is 18.2 Å². The predicted octanol–water partition coefficient (Wildman–Crippen LogP) is 1.13. The first kappa shape index (κ1) is 15.1. The van der Waals surface area contributed by atoms with Gasteiger partial charge in [0, 0.05) is 35.6 Å². The van der Waals surface area contributed by atoms with Crippen LogP contribution in [0.3, 0.4) is 0 Å². The normalized spacial score (nSPS) is 10.6. The van der Waals surface area contributed by atoms with Crippen LogP contribution in [0.2, 0.25) is 0 Å². The predicted molar refractivity (Wildman–Crippen MR) is 80.3 cm³/mol. The van der Waals surface area contributed by atoms with Crippen molar-refractivity contribution < 1.29 is 19.4 Å².